The third-order valence-corrected chi connectivity index (χ3v) is 2.97. The molecule has 0 aliphatic rings. The summed E-state index contributed by atoms with van der Waals surface area (Å²) in [6.07, 6.45) is -2.53. The predicted octanol–water partition coefficient (Wildman–Crippen LogP) is 3.45. The molecule has 0 unspecified atom stereocenters. The van der Waals surface area contributed by atoms with Gasteiger partial charge < -0.3 is 0 Å². The molecule has 0 amide bonds. The third-order valence-electron chi connectivity index (χ3n) is 1.50. The van der Waals surface area contributed by atoms with E-state index in [-0.39, 0.29) is 16.6 Å². The molecule has 2 nitrogen and oxygen atoms in total. The van der Waals surface area contributed by atoms with Crippen LogP contribution in [0.4, 0.5) is 8.78 Å². The van der Waals surface area contributed by atoms with Crippen LogP contribution in [0.25, 0.3) is 0 Å². The van der Waals surface area contributed by atoms with Crippen molar-refractivity contribution in [3.05, 3.63) is 25.5 Å². The molecule has 0 saturated carbocycles. The zero-order valence-corrected chi connectivity index (χ0v) is 10.5. The highest BCUT2D eigenvalue weighted by Crippen LogP contribution is 2.29. The van der Waals surface area contributed by atoms with Gasteiger partial charge >= 0.3 is 0 Å². The van der Waals surface area contributed by atoms with Crippen molar-refractivity contribution in [1.82, 2.24) is 4.98 Å². The molecule has 14 heavy (non-hydrogen) atoms. The number of halogens is 4. The lowest BCUT2D eigenvalue weighted by molar-refractivity contribution is 0.145. The van der Waals surface area contributed by atoms with Gasteiger partial charge in [-0.25, -0.2) is 13.8 Å². The first-order valence-electron chi connectivity index (χ1n) is 3.56. The van der Waals surface area contributed by atoms with Crippen LogP contribution in [0.1, 0.15) is 17.7 Å². The quantitative estimate of drug-likeness (QED) is 0.589. The fourth-order valence-corrected chi connectivity index (χ4v) is 2.08. The third kappa shape index (κ3) is 2.60. The van der Waals surface area contributed by atoms with Crippen molar-refractivity contribution in [2.75, 3.05) is 0 Å². The Labute approximate surface area is 102 Å². The number of aromatic nitrogens is 1. The standard InChI is InChI=1S/C8H4BrF2IN2/c9-6-4(1-2-13)3-5(12)14-7(6)8(10)11/h3,8H,1H2. The molecule has 0 spiro atoms. The molecule has 0 fully saturated rings. The predicted molar refractivity (Wildman–Crippen MR) is 58.9 cm³/mol. The van der Waals surface area contributed by atoms with Crippen LogP contribution in [-0.2, 0) is 6.42 Å². The Balaban J connectivity index is 3.26. The first kappa shape index (κ1) is 11.8. The molecule has 1 rings (SSSR count). The highest BCUT2D eigenvalue weighted by atomic mass is 127. The topological polar surface area (TPSA) is 36.7 Å². The van der Waals surface area contributed by atoms with E-state index in [4.69, 9.17) is 5.26 Å². The maximum Gasteiger partial charge on any atom is 0.281 e. The Morgan fingerprint density at radius 1 is 1.64 bits per heavy atom. The van der Waals surface area contributed by atoms with E-state index in [0.717, 1.165) is 0 Å². The van der Waals surface area contributed by atoms with E-state index in [1.54, 1.807) is 6.07 Å². The van der Waals surface area contributed by atoms with Crippen LogP contribution in [0.2, 0.25) is 0 Å². The van der Waals surface area contributed by atoms with E-state index in [9.17, 15) is 8.78 Å². The first-order valence-corrected chi connectivity index (χ1v) is 5.43. The molecule has 6 heteroatoms. The van der Waals surface area contributed by atoms with Crippen molar-refractivity contribution in [3.63, 3.8) is 0 Å². The number of alkyl halides is 2. The van der Waals surface area contributed by atoms with Gasteiger partial charge in [0, 0.05) is 4.47 Å². The maximum atomic E-state index is 12.4. The highest BCUT2D eigenvalue weighted by Gasteiger charge is 2.17. The van der Waals surface area contributed by atoms with E-state index in [0.29, 0.717) is 9.26 Å². The summed E-state index contributed by atoms with van der Waals surface area (Å²) in [5.74, 6) is 0. The average molecular weight is 373 g/mol. The molecule has 74 valence electrons. The van der Waals surface area contributed by atoms with Gasteiger partial charge in [0.1, 0.15) is 9.39 Å². The number of nitriles is 1. The average Bonchev–Trinajstić information content (AvgIpc) is 2.10. The van der Waals surface area contributed by atoms with Gasteiger partial charge in [0.2, 0.25) is 0 Å². The normalized spacial score (nSPS) is 10.3. The van der Waals surface area contributed by atoms with Crippen LogP contribution < -0.4 is 0 Å². The van der Waals surface area contributed by atoms with Crippen molar-refractivity contribution in [1.29, 1.82) is 5.26 Å². The lowest BCUT2D eigenvalue weighted by Crippen LogP contribution is -1.99. The van der Waals surface area contributed by atoms with Crippen LogP contribution in [0.15, 0.2) is 10.5 Å². The second-order valence-electron chi connectivity index (χ2n) is 2.44. The minimum Gasteiger partial charge on any atom is -0.240 e. The molecule has 1 heterocycles. The molecular weight excluding hydrogens is 369 g/mol. The Kier molecular flexibility index (Phi) is 4.19. The second-order valence-corrected chi connectivity index (χ2v) is 4.34. The second kappa shape index (κ2) is 4.98. The monoisotopic (exact) mass is 372 g/mol. The molecule has 0 aromatic carbocycles. The van der Waals surface area contributed by atoms with Crippen molar-refractivity contribution in [2.24, 2.45) is 0 Å². The highest BCUT2D eigenvalue weighted by molar-refractivity contribution is 14.1. The van der Waals surface area contributed by atoms with E-state index in [2.05, 4.69) is 20.9 Å². The first-order chi connectivity index (χ1) is 6.56. The van der Waals surface area contributed by atoms with Gasteiger partial charge in [-0.05, 0) is 50.2 Å². The smallest absolute Gasteiger partial charge is 0.240 e. The Hall–Kier alpha value is -0.290. The summed E-state index contributed by atoms with van der Waals surface area (Å²) >= 11 is 4.87. The van der Waals surface area contributed by atoms with Crippen molar-refractivity contribution >= 4 is 38.5 Å². The van der Waals surface area contributed by atoms with E-state index in [1.807, 2.05) is 28.7 Å². The molecule has 0 N–H and O–H groups in total. The van der Waals surface area contributed by atoms with Crippen molar-refractivity contribution < 1.29 is 8.78 Å². The zero-order valence-electron chi connectivity index (χ0n) is 6.77. The molecule has 0 saturated heterocycles. The van der Waals surface area contributed by atoms with Gasteiger partial charge in [0.15, 0.2) is 0 Å². The number of hydrogen-bond acceptors (Lipinski definition) is 2. The van der Waals surface area contributed by atoms with Gasteiger partial charge in [-0.15, -0.1) is 0 Å². The fourth-order valence-electron chi connectivity index (χ4n) is 0.926. The molecule has 1 aromatic rings. The van der Waals surface area contributed by atoms with Gasteiger partial charge in [0.25, 0.3) is 6.43 Å². The van der Waals surface area contributed by atoms with Crippen LogP contribution in [0, 0.1) is 15.0 Å². The Bertz CT molecular complexity index is 390. The van der Waals surface area contributed by atoms with Crippen LogP contribution in [0.5, 0.6) is 0 Å². The maximum absolute atomic E-state index is 12.4. The number of pyridine rings is 1. The van der Waals surface area contributed by atoms with Crippen LogP contribution in [0.3, 0.4) is 0 Å². The summed E-state index contributed by atoms with van der Waals surface area (Å²) in [6.45, 7) is 0. The van der Waals surface area contributed by atoms with Crippen molar-refractivity contribution in [2.45, 2.75) is 12.8 Å². The molecular formula is C8H4BrF2IN2. The van der Waals surface area contributed by atoms with Gasteiger partial charge in [-0.2, -0.15) is 5.26 Å². The molecule has 0 aliphatic carbocycles. The lowest BCUT2D eigenvalue weighted by Gasteiger charge is -2.06. The van der Waals surface area contributed by atoms with Gasteiger partial charge in [-0.1, -0.05) is 0 Å². The summed E-state index contributed by atoms with van der Waals surface area (Å²) < 4.78 is 25.6. The summed E-state index contributed by atoms with van der Waals surface area (Å²) in [6, 6.07) is 3.52. The number of rotatable bonds is 2. The molecule has 0 radical (unpaired) electrons. The Morgan fingerprint density at radius 3 is 2.79 bits per heavy atom. The Morgan fingerprint density at radius 2 is 2.29 bits per heavy atom. The molecule has 0 bridgehead atoms. The van der Waals surface area contributed by atoms with Gasteiger partial charge in [-0.3, -0.25) is 0 Å². The van der Waals surface area contributed by atoms with Crippen molar-refractivity contribution in [3.8, 4) is 6.07 Å². The number of hydrogen-bond donors (Lipinski definition) is 0. The van der Waals surface area contributed by atoms with Crippen LogP contribution in [-0.4, -0.2) is 4.98 Å². The molecule has 0 atom stereocenters. The van der Waals surface area contributed by atoms with Crippen LogP contribution >= 0.6 is 38.5 Å². The SMILES string of the molecule is N#CCc1cc(I)nc(C(F)F)c1Br. The van der Waals surface area contributed by atoms with E-state index >= 15 is 0 Å². The largest absolute Gasteiger partial charge is 0.281 e. The fraction of sp³-hybridized carbons (Fsp3) is 0.250. The summed E-state index contributed by atoms with van der Waals surface area (Å²) in [5, 5.41) is 8.48. The number of nitrogens with zero attached hydrogens (tertiary/aromatic N) is 2. The lowest BCUT2D eigenvalue weighted by atomic mass is 10.2. The summed E-state index contributed by atoms with van der Waals surface area (Å²) in [7, 11) is 0. The molecule has 1 aromatic heterocycles. The minimum absolute atomic E-state index is 0.0961. The minimum atomic E-state index is -2.63. The molecule has 0 aliphatic heterocycles. The van der Waals surface area contributed by atoms with Gasteiger partial charge in [0.05, 0.1) is 12.5 Å². The summed E-state index contributed by atoms with van der Waals surface area (Å²) in [5.41, 5.74) is 0.240. The van der Waals surface area contributed by atoms with E-state index < -0.39 is 6.43 Å². The summed E-state index contributed by atoms with van der Waals surface area (Å²) in [4.78, 5) is 3.70. The zero-order chi connectivity index (χ0) is 10.7. The van der Waals surface area contributed by atoms with E-state index in [1.165, 1.54) is 0 Å².